The lowest BCUT2D eigenvalue weighted by Crippen LogP contribution is -2.08. The Labute approximate surface area is 80.7 Å². The summed E-state index contributed by atoms with van der Waals surface area (Å²) in [7, 11) is 0. The molecule has 0 saturated heterocycles. The zero-order chi connectivity index (χ0) is 10.3. The molecule has 0 amide bonds. The molecule has 0 bridgehead atoms. The Bertz CT molecular complexity index is 173. The maximum atomic E-state index is 10.5. The van der Waals surface area contributed by atoms with Crippen molar-refractivity contribution in [2.24, 2.45) is 11.8 Å². The van der Waals surface area contributed by atoms with Gasteiger partial charge in [0.1, 0.15) is 0 Å². The Morgan fingerprint density at radius 2 is 2.08 bits per heavy atom. The predicted octanol–water partition coefficient (Wildman–Crippen LogP) is 3.09. The van der Waals surface area contributed by atoms with Crippen molar-refractivity contribution in [3.05, 3.63) is 12.2 Å². The molecular weight excluding hydrogens is 164 g/mol. The van der Waals surface area contributed by atoms with Crippen molar-refractivity contribution in [3.63, 3.8) is 0 Å². The van der Waals surface area contributed by atoms with Crippen LogP contribution in [0.5, 0.6) is 0 Å². The largest absolute Gasteiger partial charge is 0.481 e. The van der Waals surface area contributed by atoms with Crippen LogP contribution in [0.4, 0.5) is 0 Å². The van der Waals surface area contributed by atoms with Crippen LogP contribution < -0.4 is 0 Å². The van der Waals surface area contributed by atoms with Crippen molar-refractivity contribution in [1.29, 1.82) is 0 Å². The van der Waals surface area contributed by atoms with Crippen molar-refractivity contribution in [2.75, 3.05) is 0 Å². The molecule has 0 aromatic heterocycles. The van der Waals surface area contributed by atoms with Gasteiger partial charge in [-0.25, -0.2) is 0 Å². The fourth-order valence-electron chi connectivity index (χ4n) is 0.934. The summed E-state index contributed by atoms with van der Waals surface area (Å²) in [5.41, 5.74) is 0. The number of carbonyl (C=O) groups is 1. The molecule has 0 aliphatic heterocycles. The highest BCUT2D eigenvalue weighted by atomic mass is 16.4. The average Bonchev–Trinajstić information content (AvgIpc) is 2.11. The summed E-state index contributed by atoms with van der Waals surface area (Å²) in [6.07, 6.45) is 7.01. The normalized spacial score (nSPS) is 15.9. The van der Waals surface area contributed by atoms with E-state index in [1.165, 1.54) is 0 Å². The molecule has 0 aromatic rings. The van der Waals surface area contributed by atoms with Gasteiger partial charge in [-0.3, -0.25) is 4.79 Å². The van der Waals surface area contributed by atoms with Gasteiger partial charge in [-0.2, -0.15) is 0 Å². The molecule has 0 fully saturated rings. The molecule has 2 heteroatoms. The van der Waals surface area contributed by atoms with E-state index in [0.717, 1.165) is 19.3 Å². The van der Waals surface area contributed by atoms with E-state index in [1.54, 1.807) is 6.92 Å². The molecule has 0 rings (SSSR count). The molecule has 0 heterocycles. The number of hydrogen-bond donors (Lipinski definition) is 1. The third-order valence-electron chi connectivity index (χ3n) is 2.30. The minimum atomic E-state index is -0.697. The standard InChI is InChI=1S/C11H20O2/c1-4-9(2)7-5-6-8-10(3)11(12)13/h5,7,9-10H,4,6,8H2,1-3H3,(H,12,13)/b7-5+. The van der Waals surface area contributed by atoms with E-state index in [2.05, 4.69) is 26.0 Å². The molecule has 0 aromatic carbocycles. The first-order valence-corrected chi connectivity index (χ1v) is 4.97. The van der Waals surface area contributed by atoms with Crippen molar-refractivity contribution >= 4 is 5.97 Å². The molecule has 76 valence electrons. The van der Waals surface area contributed by atoms with Crippen LogP contribution in [-0.2, 0) is 4.79 Å². The Hall–Kier alpha value is -0.790. The van der Waals surface area contributed by atoms with Gasteiger partial charge in [-0.15, -0.1) is 0 Å². The van der Waals surface area contributed by atoms with E-state index < -0.39 is 5.97 Å². The Morgan fingerprint density at radius 1 is 1.46 bits per heavy atom. The second-order valence-electron chi connectivity index (χ2n) is 3.63. The minimum Gasteiger partial charge on any atom is -0.481 e. The maximum absolute atomic E-state index is 10.5. The van der Waals surface area contributed by atoms with Gasteiger partial charge < -0.3 is 5.11 Å². The number of carboxylic acids is 1. The van der Waals surface area contributed by atoms with Crippen LogP contribution in [0.25, 0.3) is 0 Å². The van der Waals surface area contributed by atoms with Crippen molar-refractivity contribution < 1.29 is 9.90 Å². The third-order valence-corrected chi connectivity index (χ3v) is 2.30. The number of rotatable bonds is 6. The first-order chi connectivity index (χ1) is 6.07. The molecule has 0 radical (unpaired) electrons. The number of aliphatic carboxylic acids is 1. The van der Waals surface area contributed by atoms with Gasteiger partial charge >= 0.3 is 5.97 Å². The van der Waals surface area contributed by atoms with Crippen LogP contribution >= 0.6 is 0 Å². The molecule has 0 aliphatic carbocycles. The lowest BCUT2D eigenvalue weighted by atomic mass is 10.0. The summed E-state index contributed by atoms with van der Waals surface area (Å²) in [6.45, 7) is 6.06. The highest BCUT2D eigenvalue weighted by Crippen LogP contribution is 2.08. The van der Waals surface area contributed by atoms with Crippen LogP contribution in [-0.4, -0.2) is 11.1 Å². The van der Waals surface area contributed by atoms with Gasteiger partial charge in [0.25, 0.3) is 0 Å². The SMILES string of the molecule is CCC(C)/C=C/CCC(C)C(=O)O. The zero-order valence-corrected chi connectivity index (χ0v) is 8.79. The summed E-state index contributed by atoms with van der Waals surface area (Å²) < 4.78 is 0. The van der Waals surface area contributed by atoms with Crippen LogP contribution in [0.2, 0.25) is 0 Å². The molecule has 0 saturated carbocycles. The zero-order valence-electron chi connectivity index (χ0n) is 8.79. The minimum absolute atomic E-state index is 0.221. The molecular formula is C11H20O2. The van der Waals surface area contributed by atoms with Crippen molar-refractivity contribution in [2.45, 2.75) is 40.0 Å². The Morgan fingerprint density at radius 3 is 2.54 bits per heavy atom. The third kappa shape index (κ3) is 6.38. The molecule has 0 spiro atoms. The van der Waals surface area contributed by atoms with Crippen LogP contribution in [0.15, 0.2) is 12.2 Å². The quantitative estimate of drug-likeness (QED) is 0.644. The van der Waals surface area contributed by atoms with E-state index >= 15 is 0 Å². The number of carboxylic acid groups (broad SMARTS) is 1. The van der Waals surface area contributed by atoms with Crippen molar-refractivity contribution in [3.8, 4) is 0 Å². The topological polar surface area (TPSA) is 37.3 Å². The molecule has 13 heavy (non-hydrogen) atoms. The number of hydrogen-bond acceptors (Lipinski definition) is 1. The summed E-state index contributed by atoms with van der Waals surface area (Å²) in [6, 6.07) is 0. The molecule has 0 aliphatic rings. The highest BCUT2D eigenvalue weighted by molar-refractivity contribution is 5.69. The summed E-state index contributed by atoms with van der Waals surface area (Å²) in [5, 5.41) is 8.61. The van der Waals surface area contributed by atoms with Gasteiger partial charge in [0.15, 0.2) is 0 Å². The maximum Gasteiger partial charge on any atom is 0.306 e. The second kappa shape index (κ2) is 6.70. The van der Waals surface area contributed by atoms with Crippen LogP contribution in [0.1, 0.15) is 40.0 Å². The van der Waals surface area contributed by atoms with E-state index in [4.69, 9.17) is 5.11 Å². The highest BCUT2D eigenvalue weighted by Gasteiger charge is 2.08. The second-order valence-corrected chi connectivity index (χ2v) is 3.63. The predicted molar refractivity (Wildman–Crippen MR) is 54.6 cm³/mol. The molecule has 2 unspecified atom stereocenters. The lowest BCUT2D eigenvalue weighted by molar-refractivity contribution is -0.141. The summed E-state index contributed by atoms with van der Waals surface area (Å²) in [4.78, 5) is 10.5. The molecule has 2 atom stereocenters. The first kappa shape index (κ1) is 12.2. The van der Waals surface area contributed by atoms with E-state index in [0.29, 0.717) is 5.92 Å². The van der Waals surface area contributed by atoms with Gasteiger partial charge in [0.05, 0.1) is 5.92 Å². The van der Waals surface area contributed by atoms with Gasteiger partial charge in [-0.05, 0) is 18.8 Å². The summed E-state index contributed by atoms with van der Waals surface area (Å²) >= 11 is 0. The van der Waals surface area contributed by atoms with E-state index in [9.17, 15) is 4.79 Å². The summed E-state index contributed by atoms with van der Waals surface area (Å²) in [5.74, 6) is -0.307. The smallest absolute Gasteiger partial charge is 0.306 e. The Balaban J connectivity index is 3.55. The monoisotopic (exact) mass is 184 g/mol. The van der Waals surface area contributed by atoms with Crippen molar-refractivity contribution in [1.82, 2.24) is 0 Å². The fraction of sp³-hybridized carbons (Fsp3) is 0.727. The average molecular weight is 184 g/mol. The van der Waals surface area contributed by atoms with Gasteiger partial charge in [0.2, 0.25) is 0 Å². The fourth-order valence-corrected chi connectivity index (χ4v) is 0.934. The van der Waals surface area contributed by atoms with Crippen LogP contribution in [0, 0.1) is 11.8 Å². The Kier molecular flexibility index (Phi) is 6.29. The van der Waals surface area contributed by atoms with E-state index in [-0.39, 0.29) is 5.92 Å². The van der Waals surface area contributed by atoms with E-state index in [1.807, 2.05) is 0 Å². The first-order valence-electron chi connectivity index (χ1n) is 4.97. The molecule has 2 nitrogen and oxygen atoms in total. The van der Waals surface area contributed by atoms with Gasteiger partial charge in [0, 0.05) is 0 Å². The lowest BCUT2D eigenvalue weighted by Gasteiger charge is -2.03. The number of allylic oxidation sites excluding steroid dienone is 2. The van der Waals surface area contributed by atoms with Gasteiger partial charge in [-0.1, -0.05) is 39.3 Å². The van der Waals surface area contributed by atoms with Crippen LogP contribution in [0.3, 0.4) is 0 Å². The molecule has 1 N–H and O–H groups in total.